The maximum absolute atomic E-state index is 13.9. The van der Waals surface area contributed by atoms with Crippen molar-refractivity contribution in [2.75, 3.05) is 17.3 Å². The lowest BCUT2D eigenvalue weighted by molar-refractivity contribution is -0.747. The number of carbonyl (C=O) groups is 1. The van der Waals surface area contributed by atoms with E-state index in [0.29, 0.717) is 16.3 Å². The number of amides is 1. The number of hydrogen-bond acceptors (Lipinski definition) is 5. The molecule has 3 atom stereocenters. The van der Waals surface area contributed by atoms with Crippen LogP contribution in [0, 0.1) is 5.92 Å². The van der Waals surface area contributed by atoms with Crippen molar-refractivity contribution < 1.29 is 19.2 Å². The Morgan fingerprint density at radius 1 is 1.03 bits per heavy atom. The van der Waals surface area contributed by atoms with Crippen LogP contribution in [0.4, 0.5) is 10.8 Å². The Kier molecular flexibility index (Phi) is 4.64. The fourth-order valence-corrected chi connectivity index (χ4v) is 6.32. The van der Waals surface area contributed by atoms with Crippen LogP contribution in [-0.4, -0.2) is 18.7 Å². The monoisotopic (exact) mass is 469 g/mol. The van der Waals surface area contributed by atoms with Gasteiger partial charge in [-0.15, -0.1) is 0 Å². The zero-order valence-corrected chi connectivity index (χ0v) is 19.6. The zero-order chi connectivity index (χ0) is 23.4. The molecule has 0 aliphatic carbocycles. The van der Waals surface area contributed by atoms with Crippen molar-refractivity contribution in [1.29, 1.82) is 0 Å². The summed E-state index contributed by atoms with van der Waals surface area (Å²) in [5.41, 5.74) is 1.43. The first kappa shape index (κ1) is 20.7. The number of hydrogen-bond donors (Lipinski definition) is 1. The van der Waals surface area contributed by atoms with E-state index in [1.54, 1.807) is 4.57 Å². The molecule has 6 nitrogen and oxygen atoms in total. The lowest BCUT2D eigenvalue weighted by Crippen LogP contribution is -2.71. The Balaban J connectivity index is 1.56. The van der Waals surface area contributed by atoms with Crippen molar-refractivity contribution in [3.8, 4) is 22.1 Å². The Hall–Kier alpha value is -3.84. The van der Waals surface area contributed by atoms with Gasteiger partial charge in [0.05, 0.1) is 17.8 Å². The minimum Gasteiger partial charge on any atom is -0.841 e. The van der Waals surface area contributed by atoms with Crippen LogP contribution in [0.2, 0.25) is 0 Å². The van der Waals surface area contributed by atoms with Gasteiger partial charge in [-0.2, -0.15) is 0 Å². The molecule has 3 aromatic carbocycles. The molecule has 2 aliphatic rings. The summed E-state index contributed by atoms with van der Waals surface area (Å²) < 4.78 is 8.33. The number of fused-ring (bicyclic) bond motifs is 6. The van der Waals surface area contributed by atoms with Gasteiger partial charge in [0.15, 0.2) is 5.92 Å². The number of para-hydroxylation sites is 2. The normalized spacial score (nSPS) is 22.4. The van der Waals surface area contributed by atoms with Gasteiger partial charge in [0.2, 0.25) is 5.91 Å². The van der Waals surface area contributed by atoms with Gasteiger partial charge >= 0.3 is 5.13 Å². The van der Waals surface area contributed by atoms with Gasteiger partial charge in [0.1, 0.15) is 11.8 Å². The summed E-state index contributed by atoms with van der Waals surface area (Å²) >= 11 is 1.44. The molecule has 6 rings (SSSR count). The molecule has 4 aromatic rings. The second-order valence-electron chi connectivity index (χ2n) is 8.79. The van der Waals surface area contributed by atoms with Crippen molar-refractivity contribution in [2.45, 2.75) is 18.7 Å². The lowest BCUT2D eigenvalue weighted by atomic mass is 9.79. The van der Waals surface area contributed by atoms with E-state index >= 15 is 0 Å². The largest absolute Gasteiger partial charge is 0.841 e. The van der Waals surface area contributed by atoms with Gasteiger partial charge in [-0.25, -0.2) is 9.47 Å². The molecule has 2 aliphatic heterocycles. The summed E-state index contributed by atoms with van der Waals surface area (Å²) in [5.74, 6) is -0.254. The average Bonchev–Trinajstić information content (AvgIpc) is 3.20. The first-order valence-corrected chi connectivity index (χ1v) is 12.0. The standard InChI is InChI=1S/C27H23N3O3S/c1-27-21(24(31)28-18-13-7-4-8-14-18)22(19-15-9-10-16-20(19)33-27)30-25(32)23(34-26(30)29(27)2)17-11-5-3-6-12-17/h3-16,21-22H,1-2H3,(H-,28,31,32). The number of aromatic nitrogens is 1. The predicted octanol–water partition coefficient (Wildman–Crippen LogP) is 4.18. The average molecular weight is 470 g/mol. The first-order chi connectivity index (χ1) is 16.5. The SMILES string of the molecule is CN1c2sc(-c3ccccc3)c([O-])[n+]2C2c3ccccc3OC1(C)C2C(=O)Nc1ccccc1. The quantitative estimate of drug-likeness (QED) is 0.457. The van der Waals surface area contributed by atoms with Crippen LogP contribution in [0.3, 0.4) is 0 Å². The first-order valence-electron chi connectivity index (χ1n) is 11.2. The fraction of sp³-hybridized carbons (Fsp3) is 0.185. The molecule has 0 saturated heterocycles. The van der Waals surface area contributed by atoms with Crippen molar-refractivity contribution >= 4 is 28.1 Å². The molecule has 0 fully saturated rings. The number of anilines is 2. The second kappa shape index (κ2) is 7.60. The molecule has 3 unspecified atom stereocenters. The molecular weight excluding hydrogens is 446 g/mol. The molecule has 0 saturated carbocycles. The van der Waals surface area contributed by atoms with Gasteiger partial charge in [0, 0.05) is 18.2 Å². The molecule has 34 heavy (non-hydrogen) atoms. The van der Waals surface area contributed by atoms with Crippen LogP contribution in [0.15, 0.2) is 84.9 Å². The molecule has 3 heterocycles. The summed E-state index contributed by atoms with van der Waals surface area (Å²) in [5, 5.41) is 17.7. The predicted molar refractivity (Wildman–Crippen MR) is 130 cm³/mol. The molecule has 170 valence electrons. The van der Waals surface area contributed by atoms with Crippen molar-refractivity contribution in [3.05, 3.63) is 90.5 Å². The van der Waals surface area contributed by atoms with E-state index in [0.717, 1.165) is 16.3 Å². The van der Waals surface area contributed by atoms with Gasteiger partial charge in [-0.1, -0.05) is 66.7 Å². The molecular formula is C27H23N3O3S. The highest BCUT2D eigenvalue weighted by atomic mass is 32.1. The molecule has 1 amide bonds. The minimum atomic E-state index is -0.983. The smallest absolute Gasteiger partial charge is 0.339 e. The zero-order valence-electron chi connectivity index (χ0n) is 18.8. The molecule has 2 bridgehead atoms. The number of thiazole rings is 1. The summed E-state index contributed by atoms with van der Waals surface area (Å²) in [6.45, 7) is 1.93. The summed E-state index contributed by atoms with van der Waals surface area (Å²) in [6, 6.07) is 26.2. The lowest BCUT2D eigenvalue weighted by Gasteiger charge is -2.49. The third-order valence-electron chi connectivity index (χ3n) is 6.85. The van der Waals surface area contributed by atoms with E-state index in [-0.39, 0.29) is 11.8 Å². The number of ether oxygens (including phenoxy) is 1. The number of benzene rings is 3. The Bertz CT molecular complexity index is 1390. The van der Waals surface area contributed by atoms with Crippen molar-refractivity contribution in [2.24, 2.45) is 5.92 Å². The summed E-state index contributed by atoms with van der Waals surface area (Å²) in [4.78, 5) is 16.4. The number of carbonyl (C=O) groups excluding carboxylic acids is 1. The number of rotatable bonds is 3. The van der Waals surface area contributed by atoms with Gasteiger partial charge in [-0.3, -0.25) is 4.79 Å². The Morgan fingerprint density at radius 2 is 1.68 bits per heavy atom. The van der Waals surface area contributed by atoms with E-state index in [9.17, 15) is 9.90 Å². The van der Waals surface area contributed by atoms with Crippen molar-refractivity contribution in [1.82, 2.24) is 0 Å². The van der Waals surface area contributed by atoms with E-state index < -0.39 is 17.7 Å². The van der Waals surface area contributed by atoms with Crippen molar-refractivity contribution in [3.63, 3.8) is 0 Å². The van der Waals surface area contributed by atoms with E-state index in [4.69, 9.17) is 4.74 Å². The molecule has 7 heteroatoms. The Morgan fingerprint density at radius 3 is 2.41 bits per heavy atom. The van der Waals surface area contributed by atoms with Gasteiger partial charge < -0.3 is 15.2 Å². The molecule has 1 N–H and O–H groups in total. The van der Waals surface area contributed by atoms with Crippen LogP contribution in [0.25, 0.3) is 10.4 Å². The molecule has 0 spiro atoms. The van der Waals surface area contributed by atoms with Crippen LogP contribution in [-0.2, 0) is 4.79 Å². The summed E-state index contributed by atoms with van der Waals surface area (Å²) in [6.07, 6.45) is 0. The van der Waals surface area contributed by atoms with E-state index in [2.05, 4.69) is 5.32 Å². The van der Waals surface area contributed by atoms with E-state index in [1.165, 1.54) is 11.3 Å². The second-order valence-corrected chi connectivity index (χ2v) is 9.76. The van der Waals surface area contributed by atoms with Gasteiger partial charge in [0.25, 0.3) is 5.72 Å². The summed E-state index contributed by atoms with van der Waals surface area (Å²) in [7, 11) is 1.89. The van der Waals surface area contributed by atoms with Crippen LogP contribution in [0.1, 0.15) is 18.5 Å². The third-order valence-corrected chi connectivity index (χ3v) is 8.12. The van der Waals surface area contributed by atoms with E-state index in [1.807, 2.05) is 104 Å². The highest BCUT2D eigenvalue weighted by Gasteiger charge is 2.64. The van der Waals surface area contributed by atoms with Crippen LogP contribution < -0.4 is 24.6 Å². The van der Waals surface area contributed by atoms with Crippen LogP contribution in [0.5, 0.6) is 11.6 Å². The maximum Gasteiger partial charge on any atom is 0.339 e. The minimum absolute atomic E-state index is 0.0979. The molecule has 0 radical (unpaired) electrons. The Labute approximate surface area is 201 Å². The number of nitrogens with one attached hydrogen (secondary N) is 1. The maximum atomic E-state index is 13.9. The third kappa shape index (κ3) is 2.93. The fourth-order valence-electron chi connectivity index (χ4n) is 5.09. The number of nitrogens with zero attached hydrogens (tertiary/aromatic N) is 2. The topological polar surface area (TPSA) is 68.5 Å². The van der Waals surface area contributed by atoms with Gasteiger partial charge in [-0.05, 0) is 35.1 Å². The highest BCUT2D eigenvalue weighted by Crippen LogP contribution is 2.53. The van der Waals surface area contributed by atoms with Crippen LogP contribution >= 0.6 is 11.3 Å². The highest BCUT2D eigenvalue weighted by molar-refractivity contribution is 7.18. The molecule has 1 aromatic heterocycles.